The van der Waals surface area contributed by atoms with Crippen LogP contribution in [0.1, 0.15) is 37.8 Å². The average molecular weight is 444 g/mol. The first kappa shape index (κ1) is 22.6. The van der Waals surface area contributed by atoms with Gasteiger partial charge in [-0.1, -0.05) is 25.7 Å². The number of hydroxylamine groups is 2. The molecule has 1 saturated carbocycles. The van der Waals surface area contributed by atoms with Gasteiger partial charge in [-0.05, 0) is 23.9 Å². The maximum absolute atomic E-state index is 14.9. The zero-order valence-corrected chi connectivity index (χ0v) is 17.6. The molecule has 3 rings (SSSR count). The van der Waals surface area contributed by atoms with Crippen molar-refractivity contribution in [2.24, 2.45) is 11.8 Å². The van der Waals surface area contributed by atoms with Crippen LogP contribution in [-0.2, 0) is 20.9 Å². The fraction of sp³-hybridized carbons (Fsp3) is 0.684. The fourth-order valence-electron chi connectivity index (χ4n) is 4.03. The minimum absolute atomic E-state index is 0.0110. The smallest absolute Gasteiger partial charge is 0.233 e. The number of carbonyl (C=O) groups excluding carboxylic acids is 2. The van der Waals surface area contributed by atoms with Crippen molar-refractivity contribution >= 4 is 29.7 Å². The third-order valence-corrected chi connectivity index (χ3v) is 5.95. The molecule has 2 aliphatic rings. The van der Waals surface area contributed by atoms with Gasteiger partial charge in [0.1, 0.15) is 5.69 Å². The van der Waals surface area contributed by atoms with E-state index in [9.17, 15) is 19.2 Å². The van der Waals surface area contributed by atoms with Crippen LogP contribution in [0.4, 0.5) is 10.2 Å². The minimum Gasteiger partial charge on any atom is -0.378 e. The average Bonchev–Trinajstić information content (AvgIpc) is 3.20. The van der Waals surface area contributed by atoms with Crippen LogP contribution in [0.3, 0.4) is 0 Å². The van der Waals surface area contributed by atoms with Crippen molar-refractivity contribution < 1.29 is 23.9 Å². The molecule has 1 aliphatic carbocycles. The lowest BCUT2D eigenvalue weighted by atomic mass is 9.92. The van der Waals surface area contributed by atoms with Crippen LogP contribution in [0.2, 0.25) is 5.28 Å². The summed E-state index contributed by atoms with van der Waals surface area (Å²) in [6.45, 7) is 0.702. The summed E-state index contributed by atoms with van der Waals surface area (Å²) in [4.78, 5) is 33.1. The van der Waals surface area contributed by atoms with Crippen LogP contribution in [0, 0.1) is 17.7 Å². The molecule has 2 amide bonds. The highest BCUT2D eigenvalue weighted by Gasteiger charge is 2.32. The van der Waals surface area contributed by atoms with Crippen molar-refractivity contribution in [1.82, 2.24) is 20.3 Å². The number of aromatic nitrogens is 2. The number of hydrogen-bond donors (Lipinski definition) is 2. The summed E-state index contributed by atoms with van der Waals surface area (Å²) in [5, 5.41) is 12.6. The predicted molar refractivity (Wildman–Crippen MR) is 106 cm³/mol. The van der Waals surface area contributed by atoms with Gasteiger partial charge in [-0.15, -0.1) is 0 Å². The van der Waals surface area contributed by atoms with E-state index >= 15 is 0 Å². The SMILES string of the molecule is COC1CN(c2nc(Cl)nc(CNC(=O)[C@H](CC3CCCC3)CN(O)C=O)c2F)C1. The lowest BCUT2D eigenvalue weighted by Crippen LogP contribution is -2.52. The summed E-state index contributed by atoms with van der Waals surface area (Å²) in [7, 11) is 1.59. The largest absolute Gasteiger partial charge is 0.378 e. The fourth-order valence-corrected chi connectivity index (χ4v) is 4.22. The van der Waals surface area contributed by atoms with Crippen molar-refractivity contribution in [3.05, 3.63) is 16.8 Å². The number of rotatable bonds is 10. The first-order chi connectivity index (χ1) is 14.4. The van der Waals surface area contributed by atoms with E-state index in [0.717, 1.165) is 25.7 Å². The molecule has 166 valence electrons. The Hall–Kier alpha value is -2.04. The van der Waals surface area contributed by atoms with Gasteiger partial charge in [0.25, 0.3) is 0 Å². The number of hydrogen-bond acceptors (Lipinski definition) is 7. The number of anilines is 1. The van der Waals surface area contributed by atoms with Gasteiger partial charge >= 0.3 is 0 Å². The molecule has 30 heavy (non-hydrogen) atoms. The zero-order valence-electron chi connectivity index (χ0n) is 16.9. The maximum Gasteiger partial charge on any atom is 0.233 e. The molecule has 2 fully saturated rings. The Balaban J connectivity index is 1.65. The first-order valence-corrected chi connectivity index (χ1v) is 10.5. The highest BCUT2D eigenvalue weighted by molar-refractivity contribution is 6.28. The molecule has 0 radical (unpaired) electrons. The molecular weight excluding hydrogens is 417 g/mol. The maximum atomic E-state index is 14.9. The summed E-state index contributed by atoms with van der Waals surface area (Å²) in [5.74, 6) is -1.16. The van der Waals surface area contributed by atoms with Crippen LogP contribution in [0.5, 0.6) is 0 Å². The number of nitrogens with one attached hydrogen (secondary N) is 1. The van der Waals surface area contributed by atoms with Crippen molar-refractivity contribution in [2.75, 3.05) is 31.6 Å². The van der Waals surface area contributed by atoms with Gasteiger partial charge in [-0.2, -0.15) is 4.98 Å². The van der Waals surface area contributed by atoms with Gasteiger partial charge in [-0.3, -0.25) is 14.8 Å². The topological polar surface area (TPSA) is 108 Å². The van der Waals surface area contributed by atoms with Gasteiger partial charge in [0, 0.05) is 20.2 Å². The summed E-state index contributed by atoms with van der Waals surface area (Å²) in [5.41, 5.74) is -0.0184. The molecule has 1 saturated heterocycles. The van der Waals surface area contributed by atoms with Crippen molar-refractivity contribution in [1.29, 1.82) is 0 Å². The lowest BCUT2D eigenvalue weighted by molar-refractivity contribution is -0.155. The van der Waals surface area contributed by atoms with Gasteiger partial charge < -0.3 is 15.0 Å². The molecule has 0 aromatic carbocycles. The molecule has 0 unspecified atom stereocenters. The zero-order chi connectivity index (χ0) is 21.7. The van der Waals surface area contributed by atoms with Gasteiger partial charge in [0.15, 0.2) is 11.6 Å². The monoisotopic (exact) mass is 443 g/mol. The summed E-state index contributed by atoms with van der Waals surface area (Å²) < 4.78 is 20.1. The number of carbonyl (C=O) groups is 2. The van der Waals surface area contributed by atoms with E-state index in [1.165, 1.54) is 0 Å². The lowest BCUT2D eigenvalue weighted by Gasteiger charge is -2.39. The van der Waals surface area contributed by atoms with Crippen LogP contribution in [0.25, 0.3) is 0 Å². The van der Waals surface area contributed by atoms with Crippen LogP contribution >= 0.6 is 11.6 Å². The van der Waals surface area contributed by atoms with E-state index in [0.29, 0.717) is 30.5 Å². The Labute approximate surface area is 179 Å². The molecule has 1 aromatic heterocycles. The Morgan fingerprint density at radius 1 is 1.43 bits per heavy atom. The van der Waals surface area contributed by atoms with E-state index < -0.39 is 11.7 Å². The number of methoxy groups -OCH3 is 1. The van der Waals surface area contributed by atoms with Crippen LogP contribution < -0.4 is 10.2 Å². The van der Waals surface area contributed by atoms with Gasteiger partial charge in [0.2, 0.25) is 17.6 Å². The number of amides is 2. The Morgan fingerprint density at radius 3 is 2.77 bits per heavy atom. The van der Waals surface area contributed by atoms with Gasteiger partial charge in [-0.25, -0.2) is 14.4 Å². The normalized spacial score (nSPS) is 18.2. The first-order valence-electron chi connectivity index (χ1n) is 10.1. The molecule has 2 heterocycles. The highest BCUT2D eigenvalue weighted by atomic mass is 35.5. The predicted octanol–water partition coefficient (Wildman–Crippen LogP) is 1.76. The molecular formula is C19H27ClFN5O4. The second-order valence-electron chi connectivity index (χ2n) is 7.87. The molecule has 1 aliphatic heterocycles. The summed E-state index contributed by atoms with van der Waals surface area (Å²) in [6.07, 6.45) is 5.11. The number of ether oxygens (including phenoxy) is 1. The molecule has 1 aromatic rings. The number of halogens is 2. The quantitative estimate of drug-likeness (QED) is 0.245. The molecule has 9 nitrogen and oxygen atoms in total. The number of nitrogens with zero attached hydrogens (tertiary/aromatic N) is 4. The molecule has 2 N–H and O–H groups in total. The molecule has 0 bridgehead atoms. The molecule has 11 heteroatoms. The second kappa shape index (κ2) is 10.3. The van der Waals surface area contributed by atoms with E-state index in [1.807, 2.05) is 0 Å². The Kier molecular flexibility index (Phi) is 7.79. The van der Waals surface area contributed by atoms with Crippen molar-refractivity contribution in [3.8, 4) is 0 Å². The van der Waals surface area contributed by atoms with Crippen molar-refractivity contribution in [3.63, 3.8) is 0 Å². The van der Waals surface area contributed by atoms with Crippen LogP contribution in [-0.4, -0.2) is 65.4 Å². The van der Waals surface area contributed by atoms with E-state index in [-0.39, 0.29) is 48.3 Å². The van der Waals surface area contributed by atoms with E-state index in [1.54, 1.807) is 12.0 Å². The van der Waals surface area contributed by atoms with E-state index in [4.69, 9.17) is 16.3 Å². The summed E-state index contributed by atoms with van der Waals surface area (Å²) >= 11 is 5.96. The van der Waals surface area contributed by atoms with Crippen LogP contribution in [0.15, 0.2) is 0 Å². The third-order valence-electron chi connectivity index (χ3n) is 5.78. The van der Waals surface area contributed by atoms with E-state index in [2.05, 4.69) is 15.3 Å². The second-order valence-corrected chi connectivity index (χ2v) is 8.21. The molecule has 0 spiro atoms. The van der Waals surface area contributed by atoms with Gasteiger partial charge in [0.05, 0.1) is 25.1 Å². The van der Waals surface area contributed by atoms with Crippen molar-refractivity contribution in [2.45, 2.75) is 44.8 Å². The minimum atomic E-state index is -0.640. The Morgan fingerprint density at radius 2 is 2.13 bits per heavy atom. The summed E-state index contributed by atoms with van der Waals surface area (Å²) in [6, 6.07) is 0. The molecule has 1 atom stereocenters. The highest BCUT2D eigenvalue weighted by Crippen LogP contribution is 2.31. The Bertz CT molecular complexity index is 759. The third kappa shape index (κ3) is 5.55. The standard InChI is InChI=1S/C19H27ClFN5O4/c1-30-14-9-25(10-14)17-16(21)15(23-19(20)24-17)7-22-18(28)13(8-26(29)11-27)6-12-4-2-3-5-12/h11-14,29H,2-10H2,1H3,(H,22,28)/t13-/m1/s1.